The molecule has 3 saturated carbocycles. The van der Waals surface area contributed by atoms with E-state index in [-0.39, 0.29) is 6.54 Å². The number of imide groups is 1. The molecule has 0 aromatic heterocycles. The predicted molar refractivity (Wildman–Crippen MR) is 48.6 cm³/mol. The van der Waals surface area contributed by atoms with Gasteiger partial charge in [-0.2, -0.15) is 0 Å². The number of carbonyl (C=O) groups is 2. The normalized spacial score (nSPS) is 51.6. The number of amides is 3. The lowest BCUT2D eigenvalue weighted by Crippen LogP contribution is -2.80. The zero-order valence-electron chi connectivity index (χ0n) is 8.10. The number of alkyl halides is 1. The van der Waals surface area contributed by atoms with Crippen LogP contribution in [0.4, 0.5) is 9.18 Å². The first-order valence-electron chi connectivity index (χ1n) is 4.98. The van der Waals surface area contributed by atoms with Gasteiger partial charge in [0, 0.05) is 12.0 Å². The third-order valence-corrected chi connectivity index (χ3v) is 4.12. The molecule has 0 aromatic carbocycles. The first-order valence-corrected chi connectivity index (χ1v) is 4.98. The lowest BCUT2D eigenvalue weighted by Gasteiger charge is -2.70. The third-order valence-electron chi connectivity index (χ3n) is 4.12. The highest BCUT2D eigenvalue weighted by molar-refractivity contribution is 6.08. The van der Waals surface area contributed by atoms with E-state index in [0.717, 1.165) is 0 Å². The van der Waals surface area contributed by atoms with Crippen LogP contribution in [-0.4, -0.2) is 29.7 Å². The summed E-state index contributed by atoms with van der Waals surface area (Å²) >= 11 is 0. The number of nitrogens with two attached hydrogens (primary N) is 1. The Hall–Kier alpha value is -1.17. The minimum Gasteiger partial charge on any atom is -0.328 e. The van der Waals surface area contributed by atoms with Crippen molar-refractivity contribution in [3.05, 3.63) is 0 Å². The van der Waals surface area contributed by atoms with Crippen molar-refractivity contribution < 1.29 is 14.0 Å². The van der Waals surface area contributed by atoms with E-state index in [1.807, 2.05) is 0 Å². The fourth-order valence-corrected chi connectivity index (χ4v) is 3.34. The van der Waals surface area contributed by atoms with E-state index in [4.69, 9.17) is 5.73 Å². The lowest BCUT2D eigenvalue weighted by molar-refractivity contribution is -0.245. The van der Waals surface area contributed by atoms with Crippen LogP contribution in [0.5, 0.6) is 0 Å². The Morgan fingerprint density at radius 1 is 1.33 bits per heavy atom. The molecule has 5 nitrogen and oxygen atoms in total. The van der Waals surface area contributed by atoms with Crippen LogP contribution in [0.25, 0.3) is 0 Å². The predicted octanol–water partition coefficient (Wildman–Crippen LogP) is -0.585. The minimum absolute atomic E-state index is 0.0284. The van der Waals surface area contributed by atoms with Crippen LogP contribution in [0, 0.1) is 5.41 Å². The van der Waals surface area contributed by atoms with Gasteiger partial charge in [-0.1, -0.05) is 0 Å². The van der Waals surface area contributed by atoms with Crippen molar-refractivity contribution in [3.63, 3.8) is 0 Å². The van der Waals surface area contributed by atoms with E-state index < -0.39 is 28.6 Å². The maximum Gasteiger partial charge on any atom is 0.322 e. The van der Waals surface area contributed by atoms with E-state index in [0.29, 0.717) is 19.3 Å². The second-order valence-electron chi connectivity index (χ2n) is 4.98. The monoisotopic (exact) mass is 213 g/mol. The highest BCUT2D eigenvalue weighted by Crippen LogP contribution is 2.73. The number of halogens is 1. The summed E-state index contributed by atoms with van der Waals surface area (Å²) in [5.41, 5.74) is 2.98. The Morgan fingerprint density at radius 3 is 2.27 bits per heavy atom. The molecule has 0 unspecified atom stereocenters. The molecule has 1 atom stereocenters. The Labute approximate surface area is 85.6 Å². The van der Waals surface area contributed by atoms with Crippen molar-refractivity contribution in [2.45, 2.75) is 30.5 Å². The summed E-state index contributed by atoms with van der Waals surface area (Å²) in [7, 11) is 0. The fraction of sp³-hybridized carbons (Fsp3) is 0.778. The summed E-state index contributed by atoms with van der Waals surface area (Å²) < 4.78 is 13.4. The smallest absolute Gasteiger partial charge is 0.322 e. The second-order valence-corrected chi connectivity index (χ2v) is 4.98. The molecule has 0 aromatic rings. The summed E-state index contributed by atoms with van der Waals surface area (Å²) in [6.07, 6.45) is 1.01. The topological polar surface area (TPSA) is 84.2 Å². The van der Waals surface area contributed by atoms with Gasteiger partial charge in [0.2, 0.25) is 0 Å². The van der Waals surface area contributed by atoms with Crippen molar-refractivity contribution in [3.8, 4) is 0 Å². The van der Waals surface area contributed by atoms with Crippen molar-refractivity contribution in [1.82, 2.24) is 10.6 Å². The average molecular weight is 213 g/mol. The zero-order valence-corrected chi connectivity index (χ0v) is 8.10. The number of urea groups is 1. The molecule has 1 aliphatic heterocycles. The second kappa shape index (κ2) is 2.16. The molecule has 1 heterocycles. The van der Waals surface area contributed by atoms with E-state index in [1.165, 1.54) is 0 Å². The molecule has 4 aliphatic rings. The van der Waals surface area contributed by atoms with Crippen LogP contribution >= 0.6 is 0 Å². The Kier molecular flexibility index (Phi) is 1.31. The molecule has 4 rings (SSSR count). The molecule has 82 valence electrons. The summed E-state index contributed by atoms with van der Waals surface area (Å²) in [4.78, 5) is 22.8. The van der Waals surface area contributed by atoms with Crippen molar-refractivity contribution in [1.29, 1.82) is 0 Å². The third kappa shape index (κ3) is 0.783. The lowest BCUT2D eigenvalue weighted by atomic mass is 9.36. The van der Waals surface area contributed by atoms with Gasteiger partial charge < -0.3 is 11.1 Å². The van der Waals surface area contributed by atoms with E-state index >= 15 is 0 Å². The van der Waals surface area contributed by atoms with Crippen molar-refractivity contribution in [2.24, 2.45) is 11.1 Å². The van der Waals surface area contributed by atoms with Crippen molar-refractivity contribution >= 4 is 11.9 Å². The molecule has 4 N–H and O–H groups in total. The molecule has 0 spiro atoms. The molecular weight excluding hydrogens is 201 g/mol. The van der Waals surface area contributed by atoms with Crippen molar-refractivity contribution in [2.75, 3.05) is 6.54 Å². The average Bonchev–Trinajstić information content (AvgIpc) is 2.35. The highest BCUT2D eigenvalue weighted by Gasteiger charge is 2.79. The molecule has 15 heavy (non-hydrogen) atoms. The Balaban J connectivity index is 1.95. The van der Waals surface area contributed by atoms with E-state index in [2.05, 4.69) is 10.6 Å². The number of carbonyl (C=O) groups excluding carboxylic acids is 2. The van der Waals surface area contributed by atoms with Gasteiger partial charge in [0.25, 0.3) is 5.91 Å². The zero-order chi connectivity index (χ0) is 10.9. The molecule has 3 amide bonds. The maximum absolute atomic E-state index is 13.4. The minimum atomic E-state index is -1.10. The Morgan fingerprint density at radius 2 is 1.93 bits per heavy atom. The molecule has 1 saturated heterocycles. The van der Waals surface area contributed by atoms with E-state index in [1.54, 1.807) is 0 Å². The van der Waals surface area contributed by atoms with Gasteiger partial charge in [-0.25, -0.2) is 9.18 Å². The quantitative estimate of drug-likeness (QED) is 0.536. The number of nitrogens with one attached hydrogen (secondary N) is 2. The Bertz CT molecular complexity index is 364. The SMILES string of the molecule is NC[C@@]1(C23CC(F)(C2)C3)NC(=O)NC1=O. The first-order chi connectivity index (χ1) is 6.95. The summed E-state index contributed by atoms with van der Waals surface area (Å²) in [6, 6.07) is -0.525. The van der Waals surface area contributed by atoms with Crippen LogP contribution in [-0.2, 0) is 4.79 Å². The summed E-state index contributed by atoms with van der Waals surface area (Å²) in [6.45, 7) is 0.0284. The van der Waals surface area contributed by atoms with Crippen LogP contribution in [0.3, 0.4) is 0 Å². The van der Waals surface area contributed by atoms with Gasteiger partial charge in [-0.3, -0.25) is 10.1 Å². The van der Waals surface area contributed by atoms with Crippen LogP contribution in [0.2, 0.25) is 0 Å². The van der Waals surface area contributed by atoms with Gasteiger partial charge in [0.05, 0.1) is 0 Å². The molecule has 0 radical (unpaired) electrons. The van der Waals surface area contributed by atoms with Crippen LogP contribution in [0.15, 0.2) is 0 Å². The fourth-order valence-electron chi connectivity index (χ4n) is 3.34. The highest BCUT2D eigenvalue weighted by atomic mass is 19.1. The van der Waals surface area contributed by atoms with Gasteiger partial charge in [-0.05, 0) is 19.3 Å². The molecule has 3 aliphatic carbocycles. The van der Waals surface area contributed by atoms with Gasteiger partial charge >= 0.3 is 6.03 Å². The molecule has 2 bridgehead atoms. The number of rotatable bonds is 2. The maximum atomic E-state index is 13.4. The van der Waals surface area contributed by atoms with E-state index in [9.17, 15) is 14.0 Å². The van der Waals surface area contributed by atoms with Crippen LogP contribution < -0.4 is 16.4 Å². The van der Waals surface area contributed by atoms with Gasteiger partial charge in [0.1, 0.15) is 11.2 Å². The first kappa shape index (κ1) is 9.08. The molecular formula is C9H12FN3O2. The van der Waals surface area contributed by atoms with Gasteiger partial charge in [-0.15, -0.1) is 0 Å². The van der Waals surface area contributed by atoms with Crippen LogP contribution in [0.1, 0.15) is 19.3 Å². The number of hydrogen-bond donors (Lipinski definition) is 3. The molecule has 4 fully saturated rings. The largest absolute Gasteiger partial charge is 0.328 e. The summed E-state index contributed by atoms with van der Waals surface area (Å²) in [5.74, 6) is -0.406. The standard InChI is InChI=1S/C9H12FN3O2/c10-8-1-7(2-8,3-8)9(4-11)5(14)12-6(15)13-9/h1-4,11H2,(H2,12,13,14,15)/t7?,8?,9-/m1/s1. The molecule has 6 heteroatoms. The summed E-state index contributed by atoms with van der Waals surface area (Å²) in [5, 5.41) is 4.75. The van der Waals surface area contributed by atoms with Gasteiger partial charge in [0.15, 0.2) is 0 Å². The number of hydrogen-bond acceptors (Lipinski definition) is 3.